The summed E-state index contributed by atoms with van der Waals surface area (Å²) in [6.07, 6.45) is 4.06. The summed E-state index contributed by atoms with van der Waals surface area (Å²) in [5.74, 6) is 2.70. The number of esters is 1. The number of carbonyl (C=O) groups is 1. The fourth-order valence-corrected chi connectivity index (χ4v) is 4.13. The van der Waals surface area contributed by atoms with Crippen molar-refractivity contribution in [3.05, 3.63) is 54.5 Å². The van der Waals surface area contributed by atoms with Crippen molar-refractivity contribution in [1.82, 2.24) is 10.2 Å². The number of nitrogens with zero attached hydrogens (tertiary/aromatic N) is 2. The van der Waals surface area contributed by atoms with Gasteiger partial charge in [0, 0.05) is 43.2 Å². The molecule has 0 atom stereocenters. The van der Waals surface area contributed by atoms with E-state index in [9.17, 15) is 4.79 Å². The molecule has 3 rings (SSSR count). The zero-order valence-electron chi connectivity index (χ0n) is 17.3. The molecule has 1 aliphatic heterocycles. The van der Waals surface area contributed by atoms with Crippen LogP contribution in [-0.4, -0.2) is 55.9 Å². The van der Waals surface area contributed by atoms with Crippen molar-refractivity contribution in [2.45, 2.75) is 24.2 Å². The molecule has 1 N–H and O–H groups in total. The standard InChI is InChI=1S/C22H29N3O3S.HI/c1-27-21(26)18-10-14-25(15-11-18)22(23-12-9-19-6-5-16-28-19)24-13-17-29-20-7-3-2-4-8-20;/h2-8,16,18H,9-15,17H2,1H3,(H,23,24);1H. The van der Waals surface area contributed by atoms with Gasteiger partial charge in [-0.05, 0) is 37.1 Å². The third-order valence-corrected chi connectivity index (χ3v) is 5.94. The maximum atomic E-state index is 11.8. The second-order valence-electron chi connectivity index (χ2n) is 6.91. The summed E-state index contributed by atoms with van der Waals surface area (Å²) in [5.41, 5.74) is 0. The first kappa shape index (κ1) is 24.6. The van der Waals surface area contributed by atoms with E-state index < -0.39 is 0 Å². The van der Waals surface area contributed by atoms with Crippen LogP contribution in [-0.2, 0) is 16.0 Å². The average molecular weight is 543 g/mol. The number of hydrogen-bond acceptors (Lipinski definition) is 5. The first-order chi connectivity index (χ1) is 14.3. The topological polar surface area (TPSA) is 67.1 Å². The number of piperidine rings is 1. The Morgan fingerprint density at radius 3 is 2.67 bits per heavy atom. The number of halogens is 1. The molecule has 1 aromatic carbocycles. The predicted molar refractivity (Wildman–Crippen MR) is 132 cm³/mol. The molecule has 6 nitrogen and oxygen atoms in total. The van der Waals surface area contributed by atoms with Gasteiger partial charge in [0.15, 0.2) is 5.96 Å². The van der Waals surface area contributed by atoms with E-state index in [2.05, 4.69) is 34.5 Å². The van der Waals surface area contributed by atoms with Crippen LogP contribution in [0.25, 0.3) is 0 Å². The molecule has 2 aromatic rings. The van der Waals surface area contributed by atoms with Gasteiger partial charge in [0.05, 0.1) is 19.3 Å². The van der Waals surface area contributed by atoms with Crippen LogP contribution >= 0.6 is 35.7 Å². The minimum atomic E-state index is -0.104. The van der Waals surface area contributed by atoms with Crippen LogP contribution in [0.4, 0.5) is 0 Å². The summed E-state index contributed by atoms with van der Waals surface area (Å²) in [7, 11) is 1.46. The molecule has 0 aliphatic carbocycles. The van der Waals surface area contributed by atoms with Crippen molar-refractivity contribution in [2.75, 3.05) is 39.0 Å². The lowest BCUT2D eigenvalue weighted by Crippen LogP contribution is -2.47. The number of thioether (sulfide) groups is 1. The van der Waals surface area contributed by atoms with Crippen LogP contribution in [0.3, 0.4) is 0 Å². The molecule has 0 unspecified atom stereocenters. The predicted octanol–water partition coefficient (Wildman–Crippen LogP) is 4.06. The van der Waals surface area contributed by atoms with Gasteiger partial charge in [0.2, 0.25) is 0 Å². The van der Waals surface area contributed by atoms with Gasteiger partial charge in [-0.15, -0.1) is 35.7 Å². The van der Waals surface area contributed by atoms with E-state index in [-0.39, 0.29) is 35.9 Å². The molecule has 0 saturated carbocycles. The van der Waals surface area contributed by atoms with Crippen LogP contribution in [0.1, 0.15) is 18.6 Å². The van der Waals surface area contributed by atoms with Crippen molar-refractivity contribution in [3.63, 3.8) is 0 Å². The highest BCUT2D eigenvalue weighted by Gasteiger charge is 2.27. The number of furan rings is 1. The van der Waals surface area contributed by atoms with Gasteiger partial charge in [0.1, 0.15) is 5.76 Å². The molecule has 0 spiro atoms. The van der Waals surface area contributed by atoms with Gasteiger partial charge in [-0.3, -0.25) is 9.79 Å². The Balaban J connectivity index is 0.00000320. The fourth-order valence-electron chi connectivity index (χ4n) is 3.34. The second-order valence-corrected chi connectivity index (χ2v) is 8.08. The fraction of sp³-hybridized carbons (Fsp3) is 0.455. The minimum Gasteiger partial charge on any atom is -0.469 e. The SMILES string of the molecule is COC(=O)C1CCN(C(=NCCc2ccco2)NCCSc2ccccc2)CC1.I. The summed E-state index contributed by atoms with van der Waals surface area (Å²) >= 11 is 1.83. The molecule has 8 heteroatoms. The smallest absolute Gasteiger partial charge is 0.308 e. The number of ether oxygens (including phenoxy) is 1. The average Bonchev–Trinajstić information content (AvgIpc) is 3.29. The third kappa shape index (κ3) is 7.86. The Morgan fingerprint density at radius 1 is 1.23 bits per heavy atom. The second kappa shape index (κ2) is 13.6. The highest BCUT2D eigenvalue weighted by Crippen LogP contribution is 2.19. The molecule has 0 bridgehead atoms. The van der Waals surface area contributed by atoms with E-state index in [1.165, 1.54) is 12.0 Å². The summed E-state index contributed by atoms with van der Waals surface area (Å²) in [6, 6.07) is 14.3. The van der Waals surface area contributed by atoms with Gasteiger partial charge in [0.25, 0.3) is 0 Å². The van der Waals surface area contributed by atoms with Crippen LogP contribution in [0.15, 0.2) is 63.0 Å². The van der Waals surface area contributed by atoms with Gasteiger partial charge >= 0.3 is 5.97 Å². The lowest BCUT2D eigenvalue weighted by atomic mass is 9.97. The van der Waals surface area contributed by atoms with Crippen LogP contribution in [0, 0.1) is 5.92 Å². The minimum absolute atomic E-state index is 0. The number of hydrogen-bond donors (Lipinski definition) is 1. The summed E-state index contributed by atoms with van der Waals surface area (Å²) < 4.78 is 10.3. The Labute approximate surface area is 199 Å². The molecule has 0 amide bonds. The number of aliphatic imine (C=N–C) groups is 1. The molecule has 1 fully saturated rings. The Morgan fingerprint density at radius 2 is 2.00 bits per heavy atom. The Hall–Kier alpha value is -1.68. The zero-order chi connectivity index (χ0) is 20.3. The summed E-state index contributed by atoms with van der Waals surface area (Å²) in [6.45, 7) is 3.10. The highest BCUT2D eigenvalue weighted by atomic mass is 127. The number of nitrogens with one attached hydrogen (secondary N) is 1. The lowest BCUT2D eigenvalue weighted by molar-refractivity contribution is -0.146. The maximum absolute atomic E-state index is 11.8. The number of methoxy groups -OCH3 is 1. The number of rotatable bonds is 8. The van der Waals surface area contributed by atoms with E-state index in [0.717, 1.165) is 56.4 Å². The Kier molecular flexibility index (Phi) is 11.1. The monoisotopic (exact) mass is 543 g/mol. The van der Waals surface area contributed by atoms with Gasteiger partial charge in [-0.1, -0.05) is 18.2 Å². The zero-order valence-corrected chi connectivity index (χ0v) is 20.4. The van der Waals surface area contributed by atoms with Crippen LogP contribution in [0.5, 0.6) is 0 Å². The first-order valence-electron chi connectivity index (χ1n) is 10.1. The van der Waals surface area contributed by atoms with E-state index in [1.54, 1.807) is 6.26 Å². The van der Waals surface area contributed by atoms with E-state index in [0.29, 0.717) is 6.54 Å². The molecular weight excluding hydrogens is 513 g/mol. The quantitative estimate of drug-likeness (QED) is 0.135. The molecule has 2 heterocycles. The number of guanidine groups is 1. The van der Waals surface area contributed by atoms with Crippen LogP contribution in [0.2, 0.25) is 0 Å². The van der Waals surface area contributed by atoms with Crippen molar-refractivity contribution in [2.24, 2.45) is 10.9 Å². The molecular formula is C22H30IN3O3S. The summed E-state index contributed by atoms with van der Waals surface area (Å²) in [5, 5.41) is 3.51. The van der Waals surface area contributed by atoms with Crippen molar-refractivity contribution in [1.29, 1.82) is 0 Å². The highest BCUT2D eigenvalue weighted by molar-refractivity contribution is 14.0. The van der Waals surface area contributed by atoms with Crippen LogP contribution < -0.4 is 5.32 Å². The van der Waals surface area contributed by atoms with Crippen molar-refractivity contribution in [3.8, 4) is 0 Å². The van der Waals surface area contributed by atoms with E-state index >= 15 is 0 Å². The van der Waals surface area contributed by atoms with Gasteiger partial charge in [-0.25, -0.2) is 0 Å². The normalized spacial score (nSPS) is 14.8. The van der Waals surface area contributed by atoms with Gasteiger partial charge in [-0.2, -0.15) is 0 Å². The molecule has 164 valence electrons. The van der Waals surface area contributed by atoms with Crippen molar-refractivity contribution >= 4 is 47.7 Å². The third-order valence-electron chi connectivity index (χ3n) is 4.93. The van der Waals surface area contributed by atoms with E-state index in [1.807, 2.05) is 30.0 Å². The molecule has 1 aromatic heterocycles. The Bertz CT molecular complexity index is 763. The molecule has 0 radical (unpaired) electrons. The number of likely N-dealkylation sites (tertiary alicyclic amines) is 1. The maximum Gasteiger partial charge on any atom is 0.308 e. The first-order valence-corrected chi connectivity index (χ1v) is 11.1. The largest absolute Gasteiger partial charge is 0.469 e. The number of benzene rings is 1. The molecule has 1 aliphatic rings. The van der Waals surface area contributed by atoms with Crippen molar-refractivity contribution < 1.29 is 13.9 Å². The van der Waals surface area contributed by atoms with Gasteiger partial charge < -0.3 is 19.4 Å². The summed E-state index contributed by atoms with van der Waals surface area (Å²) in [4.78, 5) is 20.1. The van der Waals surface area contributed by atoms with E-state index in [4.69, 9.17) is 14.1 Å². The molecule has 30 heavy (non-hydrogen) atoms. The lowest BCUT2D eigenvalue weighted by Gasteiger charge is -2.33. The molecule has 1 saturated heterocycles. The number of carbonyl (C=O) groups excluding carboxylic acids is 1.